The molecule has 0 aliphatic heterocycles. The van der Waals surface area contributed by atoms with Crippen LogP contribution in [0, 0.1) is 0 Å². The predicted octanol–water partition coefficient (Wildman–Crippen LogP) is 4.75. The Kier molecular flexibility index (Phi) is 4.35. The van der Waals surface area contributed by atoms with E-state index < -0.39 is 17.6 Å². The van der Waals surface area contributed by atoms with Crippen LogP contribution in [0.15, 0.2) is 60.7 Å². The minimum absolute atomic E-state index is 0.101. The highest BCUT2D eigenvalue weighted by molar-refractivity contribution is 6.05. The number of phenols is 1. The highest BCUT2D eigenvalue weighted by Gasteiger charge is 2.30. The molecule has 0 saturated carbocycles. The van der Waals surface area contributed by atoms with Gasteiger partial charge in [0.2, 0.25) is 5.91 Å². The number of anilines is 1. The number of alkyl halides is 3. The van der Waals surface area contributed by atoms with Crippen LogP contribution in [-0.4, -0.2) is 11.0 Å². The van der Waals surface area contributed by atoms with Crippen molar-refractivity contribution in [3.05, 3.63) is 71.8 Å². The summed E-state index contributed by atoms with van der Waals surface area (Å²) in [6, 6.07) is 15.0. The molecule has 0 atom stereocenters. The fourth-order valence-corrected chi connectivity index (χ4v) is 2.62. The number of nitrogens with one attached hydrogen (secondary N) is 1. The van der Waals surface area contributed by atoms with Crippen LogP contribution in [0.3, 0.4) is 0 Å². The zero-order valence-corrected chi connectivity index (χ0v) is 13.0. The molecule has 0 radical (unpaired) electrons. The molecule has 6 heteroatoms. The molecule has 3 rings (SSSR count). The number of carbonyl (C=O) groups is 1. The number of hydrogen-bond donors (Lipinski definition) is 2. The van der Waals surface area contributed by atoms with Crippen LogP contribution in [0.2, 0.25) is 0 Å². The predicted molar refractivity (Wildman–Crippen MR) is 89.4 cm³/mol. The summed E-state index contributed by atoms with van der Waals surface area (Å²) in [5.74, 6) is -0.609. The first-order valence-electron chi connectivity index (χ1n) is 7.51. The van der Waals surface area contributed by atoms with Gasteiger partial charge in [0.05, 0.1) is 17.7 Å². The molecule has 0 aliphatic carbocycles. The molecular formula is C19H14F3NO2. The Morgan fingerprint density at radius 2 is 1.76 bits per heavy atom. The second kappa shape index (κ2) is 6.47. The van der Waals surface area contributed by atoms with Crippen LogP contribution in [0.1, 0.15) is 11.1 Å². The summed E-state index contributed by atoms with van der Waals surface area (Å²) in [7, 11) is 0. The molecule has 1 amide bonds. The summed E-state index contributed by atoms with van der Waals surface area (Å²) >= 11 is 0. The van der Waals surface area contributed by atoms with E-state index in [0.29, 0.717) is 5.39 Å². The van der Waals surface area contributed by atoms with E-state index in [-0.39, 0.29) is 23.4 Å². The molecule has 0 saturated heterocycles. The SMILES string of the molecule is O=C(Cc1cccc(C(F)(F)F)c1)Nc1c(O)ccc2ccccc12. The lowest BCUT2D eigenvalue weighted by Crippen LogP contribution is -2.15. The van der Waals surface area contributed by atoms with E-state index in [1.165, 1.54) is 18.2 Å². The average molecular weight is 345 g/mol. The number of phenolic OH excluding ortho intramolecular Hbond substituents is 1. The number of rotatable bonds is 3. The van der Waals surface area contributed by atoms with Crippen LogP contribution in [0.4, 0.5) is 18.9 Å². The van der Waals surface area contributed by atoms with Gasteiger partial charge >= 0.3 is 6.18 Å². The van der Waals surface area contributed by atoms with E-state index in [4.69, 9.17) is 0 Å². The van der Waals surface area contributed by atoms with Crippen molar-refractivity contribution in [2.24, 2.45) is 0 Å². The Bertz CT molecular complexity index is 935. The van der Waals surface area contributed by atoms with Gasteiger partial charge in [0.1, 0.15) is 5.75 Å². The van der Waals surface area contributed by atoms with Crippen LogP contribution < -0.4 is 5.32 Å². The molecule has 3 nitrogen and oxygen atoms in total. The lowest BCUT2D eigenvalue weighted by Gasteiger charge is -2.12. The quantitative estimate of drug-likeness (QED) is 0.673. The Morgan fingerprint density at radius 1 is 1.00 bits per heavy atom. The zero-order valence-electron chi connectivity index (χ0n) is 13.0. The maximum atomic E-state index is 12.7. The molecular weight excluding hydrogens is 331 g/mol. The Balaban J connectivity index is 1.83. The van der Waals surface area contributed by atoms with Crippen LogP contribution in [-0.2, 0) is 17.4 Å². The minimum atomic E-state index is -4.46. The van der Waals surface area contributed by atoms with Gasteiger partial charge in [-0.15, -0.1) is 0 Å². The van der Waals surface area contributed by atoms with Crippen molar-refractivity contribution < 1.29 is 23.1 Å². The Labute approximate surface area is 141 Å². The molecule has 0 bridgehead atoms. The summed E-state index contributed by atoms with van der Waals surface area (Å²) in [5, 5.41) is 14.1. The summed E-state index contributed by atoms with van der Waals surface area (Å²) in [5.41, 5.74) is -0.312. The van der Waals surface area contributed by atoms with Crippen LogP contribution in [0.25, 0.3) is 10.8 Å². The van der Waals surface area contributed by atoms with E-state index in [9.17, 15) is 23.1 Å². The number of hydrogen-bond acceptors (Lipinski definition) is 2. The van der Waals surface area contributed by atoms with Crippen molar-refractivity contribution in [3.8, 4) is 5.75 Å². The standard InChI is InChI=1S/C19H14F3NO2/c20-19(21,22)14-6-3-4-12(10-14)11-17(25)23-18-15-7-2-1-5-13(15)8-9-16(18)24/h1-10,24H,11H2,(H,23,25). The van der Waals surface area contributed by atoms with Crippen molar-refractivity contribution >= 4 is 22.4 Å². The molecule has 0 spiro atoms. The average Bonchev–Trinajstić information content (AvgIpc) is 2.57. The second-order valence-electron chi connectivity index (χ2n) is 5.60. The van der Waals surface area contributed by atoms with Crippen molar-refractivity contribution in [1.82, 2.24) is 0 Å². The highest BCUT2D eigenvalue weighted by Crippen LogP contribution is 2.33. The van der Waals surface area contributed by atoms with Crippen LogP contribution >= 0.6 is 0 Å². The van der Waals surface area contributed by atoms with Gasteiger partial charge < -0.3 is 10.4 Å². The first kappa shape index (κ1) is 16.8. The third kappa shape index (κ3) is 3.74. The first-order chi connectivity index (χ1) is 11.8. The number of fused-ring (bicyclic) bond motifs is 1. The van der Waals surface area contributed by atoms with Crippen molar-refractivity contribution in [3.63, 3.8) is 0 Å². The monoisotopic (exact) mass is 345 g/mol. The fraction of sp³-hybridized carbons (Fsp3) is 0.105. The van der Waals surface area contributed by atoms with E-state index >= 15 is 0 Å². The summed E-state index contributed by atoms with van der Waals surface area (Å²) in [6.07, 6.45) is -4.69. The smallest absolute Gasteiger partial charge is 0.416 e. The summed E-state index contributed by atoms with van der Waals surface area (Å²) in [4.78, 5) is 12.2. The van der Waals surface area contributed by atoms with Crippen molar-refractivity contribution in [1.29, 1.82) is 0 Å². The zero-order chi connectivity index (χ0) is 18.0. The maximum absolute atomic E-state index is 12.7. The molecule has 3 aromatic carbocycles. The number of halogens is 3. The van der Waals surface area contributed by atoms with Gasteiger partial charge in [0.15, 0.2) is 0 Å². The fourth-order valence-electron chi connectivity index (χ4n) is 2.62. The molecule has 0 heterocycles. The van der Waals surface area contributed by atoms with E-state index in [0.717, 1.165) is 17.5 Å². The van der Waals surface area contributed by atoms with Crippen molar-refractivity contribution in [2.75, 3.05) is 5.32 Å². The second-order valence-corrected chi connectivity index (χ2v) is 5.60. The molecule has 0 unspecified atom stereocenters. The van der Waals surface area contributed by atoms with Crippen LogP contribution in [0.5, 0.6) is 5.75 Å². The van der Waals surface area contributed by atoms with Gasteiger partial charge in [-0.2, -0.15) is 13.2 Å². The van der Waals surface area contributed by atoms with Gasteiger partial charge in [0.25, 0.3) is 0 Å². The first-order valence-corrected chi connectivity index (χ1v) is 7.51. The molecule has 0 aliphatic rings. The van der Waals surface area contributed by atoms with Crippen molar-refractivity contribution in [2.45, 2.75) is 12.6 Å². The van der Waals surface area contributed by atoms with Gasteiger partial charge in [-0.05, 0) is 23.1 Å². The molecule has 128 valence electrons. The summed E-state index contributed by atoms with van der Waals surface area (Å²) < 4.78 is 38.2. The normalized spacial score (nSPS) is 11.5. The summed E-state index contributed by atoms with van der Waals surface area (Å²) in [6.45, 7) is 0. The highest BCUT2D eigenvalue weighted by atomic mass is 19.4. The third-order valence-electron chi connectivity index (χ3n) is 3.79. The molecule has 0 fully saturated rings. The number of amides is 1. The molecule has 2 N–H and O–H groups in total. The van der Waals surface area contributed by atoms with E-state index in [1.54, 1.807) is 18.2 Å². The minimum Gasteiger partial charge on any atom is -0.506 e. The number of benzene rings is 3. The maximum Gasteiger partial charge on any atom is 0.416 e. The largest absolute Gasteiger partial charge is 0.506 e. The number of carbonyl (C=O) groups excluding carboxylic acids is 1. The topological polar surface area (TPSA) is 49.3 Å². The molecule has 3 aromatic rings. The van der Waals surface area contributed by atoms with E-state index in [2.05, 4.69) is 5.32 Å². The van der Waals surface area contributed by atoms with Gasteiger partial charge in [-0.3, -0.25) is 4.79 Å². The third-order valence-corrected chi connectivity index (χ3v) is 3.79. The Hall–Kier alpha value is -3.02. The van der Waals surface area contributed by atoms with Gasteiger partial charge in [-0.1, -0.05) is 48.5 Å². The molecule has 0 aromatic heterocycles. The lowest BCUT2D eigenvalue weighted by atomic mass is 10.1. The van der Waals surface area contributed by atoms with E-state index in [1.807, 2.05) is 12.1 Å². The van der Waals surface area contributed by atoms with Gasteiger partial charge in [-0.25, -0.2) is 0 Å². The molecule has 25 heavy (non-hydrogen) atoms. The Morgan fingerprint density at radius 3 is 2.52 bits per heavy atom. The van der Waals surface area contributed by atoms with Gasteiger partial charge in [0, 0.05) is 5.39 Å². The lowest BCUT2D eigenvalue weighted by molar-refractivity contribution is -0.137. The number of aromatic hydroxyl groups is 1.